The van der Waals surface area contributed by atoms with E-state index in [0.717, 1.165) is 18.4 Å². The highest BCUT2D eigenvalue weighted by Crippen LogP contribution is 2.44. The van der Waals surface area contributed by atoms with E-state index in [0.29, 0.717) is 23.8 Å². The number of fused-ring (bicyclic) bond motifs is 1. The molecule has 17 heavy (non-hydrogen) atoms. The first-order valence-corrected chi connectivity index (χ1v) is 5.93. The van der Waals surface area contributed by atoms with Crippen LogP contribution in [0.2, 0.25) is 0 Å². The molecular formula is C13H15NO3. The summed E-state index contributed by atoms with van der Waals surface area (Å²) in [5.74, 6) is -0.113. The fourth-order valence-electron chi connectivity index (χ4n) is 2.56. The molecule has 1 fully saturated rings. The number of ether oxygens (including phenoxy) is 1. The van der Waals surface area contributed by atoms with Crippen molar-refractivity contribution in [2.24, 2.45) is 11.8 Å². The van der Waals surface area contributed by atoms with E-state index in [1.54, 1.807) is 6.07 Å². The highest BCUT2D eigenvalue weighted by Gasteiger charge is 2.44. The van der Waals surface area contributed by atoms with Crippen LogP contribution in [-0.2, 0) is 11.2 Å². The largest absolute Gasteiger partial charge is 0.487 e. The fourth-order valence-corrected chi connectivity index (χ4v) is 2.56. The van der Waals surface area contributed by atoms with Gasteiger partial charge in [-0.25, -0.2) is 0 Å². The maximum Gasteiger partial charge on any atom is 0.310 e. The van der Waals surface area contributed by atoms with Crippen molar-refractivity contribution >= 4 is 11.7 Å². The second-order valence-electron chi connectivity index (χ2n) is 4.90. The van der Waals surface area contributed by atoms with Crippen molar-refractivity contribution in [1.82, 2.24) is 0 Å². The molecule has 0 amide bonds. The number of carbonyl (C=O) groups is 1. The number of hydrogen-bond acceptors (Lipinski definition) is 3. The van der Waals surface area contributed by atoms with Gasteiger partial charge in [0.1, 0.15) is 11.9 Å². The van der Waals surface area contributed by atoms with Crippen LogP contribution in [0.5, 0.6) is 5.75 Å². The van der Waals surface area contributed by atoms with E-state index in [9.17, 15) is 9.90 Å². The van der Waals surface area contributed by atoms with Crippen LogP contribution in [0.4, 0.5) is 5.69 Å². The molecule has 0 spiro atoms. The van der Waals surface area contributed by atoms with Crippen LogP contribution in [0.25, 0.3) is 0 Å². The van der Waals surface area contributed by atoms with Crippen molar-refractivity contribution in [1.29, 1.82) is 0 Å². The lowest BCUT2D eigenvalue weighted by Gasteiger charge is -2.32. The Morgan fingerprint density at radius 3 is 2.82 bits per heavy atom. The van der Waals surface area contributed by atoms with E-state index >= 15 is 0 Å². The van der Waals surface area contributed by atoms with Crippen molar-refractivity contribution in [3.05, 3.63) is 23.8 Å². The quantitative estimate of drug-likeness (QED) is 0.762. The molecule has 2 atom stereocenters. The van der Waals surface area contributed by atoms with E-state index in [1.807, 2.05) is 12.1 Å². The minimum absolute atomic E-state index is 0.204. The second-order valence-corrected chi connectivity index (χ2v) is 4.90. The van der Waals surface area contributed by atoms with Gasteiger partial charge >= 0.3 is 5.97 Å². The second kappa shape index (κ2) is 3.65. The summed E-state index contributed by atoms with van der Waals surface area (Å²) in [6.07, 6.45) is 2.45. The average molecular weight is 233 g/mol. The molecule has 0 saturated heterocycles. The van der Waals surface area contributed by atoms with E-state index in [2.05, 4.69) is 0 Å². The maximum atomic E-state index is 11.3. The minimum Gasteiger partial charge on any atom is -0.487 e. The van der Waals surface area contributed by atoms with Crippen molar-refractivity contribution in [2.45, 2.75) is 25.4 Å². The Morgan fingerprint density at radius 1 is 1.41 bits per heavy atom. The van der Waals surface area contributed by atoms with Gasteiger partial charge in [-0.3, -0.25) is 4.79 Å². The number of benzene rings is 1. The van der Waals surface area contributed by atoms with Crippen molar-refractivity contribution in [3.63, 3.8) is 0 Å². The monoisotopic (exact) mass is 233 g/mol. The number of nitrogens with two attached hydrogens (primary N) is 1. The molecule has 1 saturated carbocycles. The van der Waals surface area contributed by atoms with Crippen molar-refractivity contribution in [2.75, 3.05) is 5.73 Å². The summed E-state index contributed by atoms with van der Waals surface area (Å²) in [4.78, 5) is 11.3. The number of carboxylic acids is 1. The molecule has 4 heteroatoms. The summed E-state index contributed by atoms with van der Waals surface area (Å²) in [7, 11) is 0. The van der Waals surface area contributed by atoms with Crippen LogP contribution in [-0.4, -0.2) is 17.2 Å². The number of carboxylic acid groups (broad SMARTS) is 1. The van der Waals surface area contributed by atoms with Gasteiger partial charge in [0.25, 0.3) is 0 Å². The van der Waals surface area contributed by atoms with Crippen LogP contribution < -0.4 is 10.5 Å². The number of rotatable bonds is 2. The van der Waals surface area contributed by atoms with Gasteiger partial charge in [-0.2, -0.15) is 0 Å². The first-order chi connectivity index (χ1) is 8.16. The van der Waals surface area contributed by atoms with Gasteiger partial charge in [0.15, 0.2) is 0 Å². The first-order valence-electron chi connectivity index (χ1n) is 5.93. The van der Waals surface area contributed by atoms with Crippen LogP contribution in [0.1, 0.15) is 18.4 Å². The lowest BCUT2D eigenvalue weighted by atomic mass is 9.88. The molecule has 1 aromatic carbocycles. The third-order valence-electron chi connectivity index (χ3n) is 3.62. The Bertz CT molecular complexity index is 468. The van der Waals surface area contributed by atoms with Gasteiger partial charge in [0.05, 0.1) is 11.6 Å². The zero-order chi connectivity index (χ0) is 12.0. The standard InChI is InChI=1S/C13H15NO3/c14-10-3-1-2-8-6-9(13(15)16)11(7-4-5-7)17-12(8)10/h1-3,7,9,11H,4-6,14H2,(H,15,16). The van der Waals surface area contributed by atoms with Crippen LogP contribution in [0.3, 0.4) is 0 Å². The molecule has 4 nitrogen and oxygen atoms in total. The molecule has 0 radical (unpaired) electrons. The molecular weight excluding hydrogens is 218 g/mol. The molecule has 90 valence electrons. The molecule has 1 aromatic rings. The molecule has 2 unspecified atom stereocenters. The predicted octanol–water partition coefficient (Wildman–Crippen LogP) is 1.68. The van der Waals surface area contributed by atoms with Gasteiger partial charge in [0, 0.05) is 0 Å². The average Bonchev–Trinajstić information content (AvgIpc) is 3.12. The third kappa shape index (κ3) is 1.73. The Morgan fingerprint density at radius 2 is 2.18 bits per heavy atom. The molecule has 3 rings (SSSR count). The Hall–Kier alpha value is -1.71. The fraction of sp³-hybridized carbons (Fsp3) is 0.462. The number of para-hydroxylation sites is 1. The maximum absolute atomic E-state index is 11.3. The van der Waals surface area contributed by atoms with Gasteiger partial charge < -0.3 is 15.6 Å². The van der Waals surface area contributed by atoms with Crippen LogP contribution in [0, 0.1) is 11.8 Å². The topological polar surface area (TPSA) is 72.5 Å². The molecule has 1 aliphatic carbocycles. The minimum atomic E-state index is -0.769. The molecule has 0 aromatic heterocycles. The highest BCUT2D eigenvalue weighted by molar-refractivity contribution is 5.73. The first kappa shape index (κ1) is 10.4. The van der Waals surface area contributed by atoms with Crippen molar-refractivity contribution in [3.8, 4) is 5.75 Å². The van der Waals surface area contributed by atoms with Gasteiger partial charge in [-0.05, 0) is 36.8 Å². The zero-order valence-electron chi connectivity index (χ0n) is 9.43. The molecule has 3 N–H and O–H groups in total. The number of aliphatic carboxylic acids is 1. The zero-order valence-corrected chi connectivity index (χ0v) is 9.43. The summed E-state index contributed by atoms with van der Waals surface area (Å²) in [6, 6.07) is 5.53. The number of hydrogen-bond donors (Lipinski definition) is 2. The molecule has 1 aliphatic heterocycles. The summed E-state index contributed by atoms with van der Waals surface area (Å²) < 4.78 is 5.85. The lowest BCUT2D eigenvalue weighted by molar-refractivity contribution is -0.146. The van der Waals surface area contributed by atoms with E-state index in [-0.39, 0.29) is 6.10 Å². The SMILES string of the molecule is Nc1cccc2c1OC(C1CC1)C(C(=O)O)C2. The summed E-state index contributed by atoms with van der Waals surface area (Å²) in [6.45, 7) is 0. The summed E-state index contributed by atoms with van der Waals surface area (Å²) in [5.41, 5.74) is 7.39. The Labute approximate surface area is 99.4 Å². The number of nitrogen functional groups attached to an aromatic ring is 1. The predicted molar refractivity (Wildman–Crippen MR) is 62.8 cm³/mol. The molecule has 1 heterocycles. The summed E-state index contributed by atoms with van der Waals surface area (Å²) >= 11 is 0. The normalized spacial score (nSPS) is 27.1. The van der Waals surface area contributed by atoms with E-state index < -0.39 is 11.9 Å². The molecule has 2 aliphatic rings. The summed E-state index contributed by atoms with van der Waals surface area (Å²) in [5, 5.41) is 9.27. The van der Waals surface area contributed by atoms with E-state index in [4.69, 9.17) is 10.5 Å². The van der Waals surface area contributed by atoms with E-state index in [1.165, 1.54) is 0 Å². The van der Waals surface area contributed by atoms with Gasteiger partial charge in [-0.1, -0.05) is 12.1 Å². The Kier molecular flexibility index (Phi) is 2.24. The lowest BCUT2D eigenvalue weighted by Crippen LogP contribution is -2.39. The Balaban J connectivity index is 1.97. The third-order valence-corrected chi connectivity index (χ3v) is 3.62. The van der Waals surface area contributed by atoms with Crippen LogP contribution in [0.15, 0.2) is 18.2 Å². The highest BCUT2D eigenvalue weighted by atomic mass is 16.5. The van der Waals surface area contributed by atoms with Gasteiger partial charge in [0.2, 0.25) is 0 Å². The van der Waals surface area contributed by atoms with Crippen LogP contribution >= 0.6 is 0 Å². The molecule has 0 bridgehead atoms. The number of anilines is 1. The van der Waals surface area contributed by atoms with Crippen molar-refractivity contribution < 1.29 is 14.6 Å². The smallest absolute Gasteiger partial charge is 0.310 e. The van der Waals surface area contributed by atoms with Gasteiger partial charge in [-0.15, -0.1) is 0 Å².